The van der Waals surface area contributed by atoms with E-state index in [0.717, 1.165) is 43.4 Å². The third-order valence-electron chi connectivity index (χ3n) is 3.95. The predicted octanol–water partition coefficient (Wildman–Crippen LogP) is 2.29. The van der Waals surface area contributed by atoms with E-state index in [1.807, 2.05) is 0 Å². The van der Waals surface area contributed by atoms with Crippen molar-refractivity contribution in [3.63, 3.8) is 0 Å². The molecule has 3 rings (SSSR count). The van der Waals surface area contributed by atoms with E-state index in [4.69, 9.17) is 0 Å². The molecule has 0 bridgehead atoms. The van der Waals surface area contributed by atoms with E-state index >= 15 is 0 Å². The van der Waals surface area contributed by atoms with Gasteiger partial charge in [-0.3, -0.25) is 9.59 Å². The number of amides is 1. The SMILES string of the molecule is O=C(Cn1nc2c(cc1=O)CCCCC2)Nc1ccc(F)cc1. The summed E-state index contributed by atoms with van der Waals surface area (Å²) in [5, 5.41) is 6.98. The number of hydrogen-bond acceptors (Lipinski definition) is 3. The lowest BCUT2D eigenvalue weighted by Crippen LogP contribution is -2.30. The Morgan fingerprint density at radius 1 is 1.17 bits per heavy atom. The second-order valence-electron chi connectivity index (χ2n) is 5.73. The van der Waals surface area contributed by atoms with Crippen LogP contribution in [0.3, 0.4) is 0 Å². The van der Waals surface area contributed by atoms with Crippen molar-refractivity contribution in [2.45, 2.75) is 38.6 Å². The molecule has 120 valence electrons. The average Bonchev–Trinajstić information content (AvgIpc) is 2.75. The van der Waals surface area contributed by atoms with E-state index in [1.165, 1.54) is 28.9 Å². The van der Waals surface area contributed by atoms with Gasteiger partial charge in [0.1, 0.15) is 12.4 Å². The lowest BCUT2D eigenvalue weighted by atomic mass is 10.1. The maximum atomic E-state index is 12.8. The lowest BCUT2D eigenvalue weighted by molar-refractivity contribution is -0.117. The van der Waals surface area contributed by atoms with Crippen LogP contribution in [0.15, 0.2) is 35.1 Å². The van der Waals surface area contributed by atoms with Crippen LogP contribution in [0.25, 0.3) is 0 Å². The van der Waals surface area contributed by atoms with E-state index in [2.05, 4.69) is 10.4 Å². The summed E-state index contributed by atoms with van der Waals surface area (Å²) >= 11 is 0. The summed E-state index contributed by atoms with van der Waals surface area (Å²) in [7, 11) is 0. The summed E-state index contributed by atoms with van der Waals surface area (Å²) in [5.41, 5.74) is 2.14. The maximum absolute atomic E-state index is 12.8. The van der Waals surface area contributed by atoms with E-state index in [-0.39, 0.29) is 23.8 Å². The first-order valence-electron chi connectivity index (χ1n) is 7.77. The number of carbonyl (C=O) groups is 1. The topological polar surface area (TPSA) is 64.0 Å². The van der Waals surface area contributed by atoms with Crippen molar-refractivity contribution in [1.29, 1.82) is 0 Å². The van der Waals surface area contributed by atoms with Gasteiger partial charge in [-0.2, -0.15) is 5.10 Å². The van der Waals surface area contributed by atoms with Crippen LogP contribution in [0.5, 0.6) is 0 Å². The molecule has 1 aliphatic carbocycles. The summed E-state index contributed by atoms with van der Waals surface area (Å²) in [4.78, 5) is 24.2. The van der Waals surface area contributed by atoms with Gasteiger partial charge in [-0.05, 0) is 55.5 Å². The fraction of sp³-hybridized carbons (Fsp3) is 0.353. The molecule has 0 atom stereocenters. The van der Waals surface area contributed by atoms with E-state index in [1.54, 1.807) is 6.07 Å². The molecule has 1 aromatic carbocycles. The number of fused-ring (bicyclic) bond motifs is 1. The van der Waals surface area contributed by atoms with Crippen molar-refractivity contribution in [2.75, 3.05) is 5.32 Å². The number of hydrogen-bond donors (Lipinski definition) is 1. The molecule has 0 saturated heterocycles. The molecule has 0 aliphatic heterocycles. The van der Waals surface area contributed by atoms with Gasteiger partial charge < -0.3 is 5.32 Å². The normalized spacial score (nSPS) is 14.0. The van der Waals surface area contributed by atoms with Crippen molar-refractivity contribution < 1.29 is 9.18 Å². The largest absolute Gasteiger partial charge is 0.324 e. The van der Waals surface area contributed by atoms with Crippen molar-refractivity contribution in [3.8, 4) is 0 Å². The Labute approximate surface area is 133 Å². The van der Waals surface area contributed by atoms with E-state index in [0.29, 0.717) is 5.69 Å². The number of carbonyl (C=O) groups excluding carboxylic acids is 1. The van der Waals surface area contributed by atoms with Crippen molar-refractivity contribution >= 4 is 11.6 Å². The Kier molecular flexibility index (Phi) is 4.50. The van der Waals surface area contributed by atoms with Gasteiger partial charge in [-0.1, -0.05) is 6.42 Å². The van der Waals surface area contributed by atoms with Gasteiger partial charge in [0.15, 0.2) is 0 Å². The predicted molar refractivity (Wildman–Crippen MR) is 84.8 cm³/mol. The Hall–Kier alpha value is -2.50. The third kappa shape index (κ3) is 3.83. The molecule has 1 N–H and O–H groups in total. The second kappa shape index (κ2) is 6.73. The fourth-order valence-electron chi connectivity index (χ4n) is 2.76. The van der Waals surface area contributed by atoms with Crippen LogP contribution in [0.4, 0.5) is 10.1 Å². The highest BCUT2D eigenvalue weighted by atomic mass is 19.1. The maximum Gasteiger partial charge on any atom is 0.267 e. The zero-order valence-electron chi connectivity index (χ0n) is 12.7. The van der Waals surface area contributed by atoms with Gasteiger partial charge >= 0.3 is 0 Å². The number of benzene rings is 1. The van der Waals surface area contributed by atoms with Gasteiger partial charge in [0.05, 0.1) is 5.69 Å². The van der Waals surface area contributed by atoms with Crippen LogP contribution in [-0.4, -0.2) is 15.7 Å². The molecule has 0 spiro atoms. The van der Waals surface area contributed by atoms with Crippen LogP contribution < -0.4 is 10.9 Å². The monoisotopic (exact) mass is 315 g/mol. The molecular formula is C17H18FN3O2. The minimum atomic E-state index is -0.369. The van der Waals surface area contributed by atoms with Gasteiger partial charge in [-0.15, -0.1) is 0 Å². The Morgan fingerprint density at radius 3 is 2.70 bits per heavy atom. The molecule has 23 heavy (non-hydrogen) atoms. The van der Waals surface area contributed by atoms with E-state index in [9.17, 15) is 14.0 Å². The molecule has 1 heterocycles. The first-order chi connectivity index (χ1) is 11.1. The van der Waals surface area contributed by atoms with Crippen LogP contribution >= 0.6 is 0 Å². The number of nitrogens with zero attached hydrogens (tertiary/aromatic N) is 2. The highest BCUT2D eigenvalue weighted by Gasteiger charge is 2.14. The Bertz CT molecular complexity index is 768. The standard InChI is InChI=1S/C17H18FN3O2/c18-13-6-8-14(9-7-13)19-16(22)11-21-17(23)10-12-4-2-1-3-5-15(12)20-21/h6-10H,1-5,11H2,(H,19,22). The van der Waals surface area contributed by atoms with Gasteiger partial charge in [0.2, 0.25) is 5.91 Å². The van der Waals surface area contributed by atoms with Crippen LogP contribution in [0.1, 0.15) is 30.5 Å². The summed E-state index contributed by atoms with van der Waals surface area (Å²) in [6.45, 7) is -0.149. The molecule has 0 saturated carbocycles. The Balaban J connectivity index is 1.74. The van der Waals surface area contributed by atoms with Crippen molar-refractivity contribution in [1.82, 2.24) is 9.78 Å². The van der Waals surface area contributed by atoms with Crippen LogP contribution in [0, 0.1) is 5.82 Å². The molecule has 1 amide bonds. The minimum absolute atomic E-state index is 0.149. The zero-order chi connectivity index (χ0) is 16.2. The van der Waals surface area contributed by atoms with E-state index < -0.39 is 0 Å². The van der Waals surface area contributed by atoms with Crippen molar-refractivity contribution in [2.24, 2.45) is 0 Å². The number of anilines is 1. The smallest absolute Gasteiger partial charge is 0.267 e. The quantitative estimate of drug-likeness (QED) is 0.884. The summed E-state index contributed by atoms with van der Waals surface area (Å²) in [6.07, 6.45) is 4.98. The van der Waals surface area contributed by atoms with Crippen LogP contribution in [-0.2, 0) is 24.2 Å². The highest BCUT2D eigenvalue weighted by Crippen LogP contribution is 2.16. The lowest BCUT2D eigenvalue weighted by Gasteiger charge is -2.10. The molecule has 0 radical (unpaired) electrons. The second-order valence-corrected chi connectivity index (χ2v) is 5.73. The van der Waals surface area contributed by atoms with Crippen molar-refractivity contribution in [3.05, 3.63) is 57.8 Å². The average molecular weight is 315 g/mol. The molecule has 1 aliphatic rings. The van der Waals surface area contributed by atoms with Crippen LogP contribution in [0.2, 0.25) is 0 Å². The number of halogens is 1. The summed E-state index contributed by atoms with van der Waals surface area (Å²) < 4.78 is 14.0. The third-order valence-corrected chi connectivity index (χ3v) is 3.95. The molecular weight excluding hydrogens is 297 g/mol. The molecule has 0 unspecified atom stereocenters. The van der Waals surface area contributed by atoms with Gasteiger partial charge in [0, 0.05) is 11.8 Å². The number of aromatic nitrogens is 2. The Morgan fingerprint density at radius 2 is 1.91 bits per heavy atom. The molecule has 2 aromatic rings. The number of rotatable bonds is 3. The molecule has 1 aromatic heterocycles. The minimum Gasteiger partial charge on any atom is -0.324 e. The first-order valence-corrected chi connectivity index (χ1v) is 7.77. The summed E-state index contributed by atoms with van der Waals surface area (Å²) in [6, 6.07) is 7.07. The van der Waals surface area contributed by atoms with Gasteiger partial charge in [-0.25, -0.2) is 9.07 Å². The number of nitrogens with one attached hydrogen (secondary N) is 1. The number of aryl methyl sites for hydroxylation is 2. The zero-order valence-corrected chi connectivity index (χ0v) is 12.7. The summed E-state index contributed by atoms with van der Waals surface area (Å²) in [5.74, 6) is -0.730. The fourth-order valence-corrected chi connectivity index (χ4v) is 2.76. The molecule has 5 nitrogen and oxygen atoms in total. The highest BCUT2D eigenvalue weighted by molar-refractivity contribution is 5.90. The molecule has 0 fully saturated rings. The molecule has 6 heteroatoms. The first kappa shape index (κ1) is 15.4. The van der Waals surface area contributed by atoms with Gasteiger partial charge in [0.25, 0.3) is 5.56 Å².